The van der Waals surface area contributed by atoms with E-state index in [0.29, 0.717) is 36.1 Å². The number of piperidine rings is 1. The van der Waals surface area contributed by atoms with Crippen LogP contribution in [0.15, 0.2) is 12.3 Å². The first-order valence-electron chi connectivity index (χ1n) is 10.9. The summed E-state index contributed by atoms with van der Waals surface area (Å²) in [4.78, 5) is 18.3. The van der Waals surface area contributed by atoms with Crippen LogP contribution in [-0.2, 0) is 4.79 Å². The van der Waals surface area contributed by atoms with Gasteiger partial charge in [0.15, 0.2) is 0 Å². The smallest absolute Gasteiger partial charge is 0.367 e. The van der Waals surface area contributed by atoms with Crippen molar-refractivity contribution in [2.24, 2.45) is 5.92 Å². The third-order valence-corrected chi connectivity index (χ3v) is 6.23. The number of likely N-dealkylation sites (tertiary alicyclic amines) is 1. The molecule has 1 aromatic rings. The van der Waals surface area contributed by atoms with Gasteiger partial charge in [-0.1, -0.05) is 19.3 Å². The van der Waals surface area contributed by atoms with Crippen molar-refractivity contribution in [1.82, 2.24) is 9.88 Å². The van der Waals surface area contributed by atoms with Crippen LogP contribution in [-0.4, -0.2) is 46.8 Å². The summed E-state index contributed by atoms with van der Waals surface area (Å²) in [6, 6.07) is 2.19. The minimum atomic E-state index is -4.27. The van der Waals surface area contributed by atoms with E-state index in [-0.39, 0.29) is 31.7 Å². The number of aryl methyl sites for hydroxylation is 1. The van der Waals surface area contributed by atoms with Crippen LogP contribution < -0.4 is 5.32 Å². The van der Waals surface area contributed by atoms with E-state index >= 15 is 0 Å². The van der Waals surface area contributed by atoms with Crippen molar-refractivity contribution in [3.63, 3.8) is 0 Å². The normalized spacial score (nSPS) is 20.8. The van der Waals surface area contributed by atoms with Crippen LogP contribution in [0.5, 0.6) is 0 Å². The van der Waals surface area contributed by atoms with Crippen molar-refractivity contribution in [2.45, 2.75) is 76.9 Å². The largest absolute Gasteiger partial charge is 0.393 e. The molecule has 1 aromatic heterocycles. The highest BCUT2D eigenvalue weighted by molar-refractivity contribution is 6.04. The molecular weight excluding hydrogens is 393 g/mol. The number of aromatic nitrogens is 1. The molecule has 2 heterocycles. The highest BCUT2D eigenvalue weighted by Gasteiger charge is 2.42. The summed E-state index contributed by atoms with van der Waals surface area (Å²) in [6.07, 6.45) is 3.89. The molecule has 1 amide bonds. The highest BCUT2D eigenvalue weighted by atomic mass is 19.4. The van der Waals surface area contributed by atoms with E-state index in [9.17, 15) is 18.0 Å². The molecule has 2 fully saturated rings. The minimum absolute atomic E-state index is 0.0423. The van der Waals surface area contributed by atoms with E-state index < -0.39 is 12.1 Å². The third kappa shape index (κ3) is 5.73. The van der Waals surface area contributed by atoms with E-state index in [1.807, 2.05) is 13.0 Å². The molecule has 1 saturated heterocycles. The number of hydrogen-bond acceptors (Lipinski definition) is 4. The van der Waals surface area contributed by atoms with Gasteiger partial charge in [-0.25, -0.2) is 4.98 Å². The number of pyridine rings is 1. The average Bonchev–Trinajstić information content (AvgIpc) is 2.72. The van der Waals surface area contributed by atoms with Crippen LogP contribution >= 0.6 is 0 Å². The number of halogens is 3. The summed E-state index contributed by atoms with van der Waals surface area (Å²) in [5, 5.41) is 12.0. The van der Waals surface area contributed by atoms with Gasteiger partial charge in [0.1, 0.15) is 5.82 Å². The molecule has 1 saturated carbocycles. The molecule has 1 aliphatic carbocycles. The molecule has 166 valence electrons. The predicted molar refractivity (Wildman–Crippen MR) is 111 cm³/mol. The maximum absolute atomic E-state index is 13.0. The Kier molecular flexibility index (Phi) is 7.36. The molecule has 8 heteroatoms. The van der Waals surface area contributed by atoms with Gasteiger partial charge in [-0.3, -0.25) is 4.79 Å². The van der Waals surface area contributed by atoms with Crippen LogP contribution in [0.2, 0.25) is 0 Å². The summed E-state index contributed by atoms with van der Waals surface area (Å²) in [6.45, 7) is 2.01. The number of rotatable bonds is 6. The second-order valence-electron chi connectivity index (χ2n) is 8.53. The third-order valence-electron chi connectivity index (χ3n) is 6.23. The Morgan fingerprint density at radius 1 is 1.20 bits per heavy atom. The van der Waals surface area contributed by atoms with Gasteiger partial charge < -0.3 is 15.6 Å². The number of carbonyl (C=O) groups is 1. The molecule has 1 aliphatic heterocycles. The summed E-state index contributed by atoms with van der Waals surface area (Å²) in [7, 11) is 0. The SMILES string of the molecule is Cc1ccnc(NC2CCCCC2)c1C(=N)CCC(=O)N1CCCC(C(F)(F)F)C1. The lowest BCUT2D eigenvalue weighted by molar-refractivity contribution is -0.188. The van der Waals surface area contributed by atoms with Gasteiger partial charge in [0.25, 0.3) is 0 Å². The Morgan fingerprint density at radius 2 is 1.93 bits per heavy atom. The van der Waals surface area contributed by atoms with Crippen molar-refractivity contribution < 1.29 is 18.0 Å². The molecule has 2 N–H and O–H groups in total. The van der Waals surface area contributed by atoms with Gasteiger partial charge in [0.2, 0.25) is 5.91 Å². The van der Waals surface area contributed by atoms with Crippen LogP contribution in [0, 0.1) is 18.3 Å². The summed E-state index contributed by atoms with van der Waals surface area (Å²) in [5.41, 5.74) is 1.93. The lowest BCUT2D eigenvalue weighted by Gasteiger charge is -2.33. The van der Waals surface area contributed by atoms with Gasteiger partial charge in [0, 0.05) is 43.0 Å². The molecule has 0 radical (unpaired) electrons. The maximum atomic E-state index is 13.0. The highest BCUT2D eigenvalue weighted by Crippen LogP contribution is 2.33. The standard InChI is InChI=1S/C22H31F3N4O/c1-15-11-12-27-21(28-17-7-3-2-4-8-17)20(15)18(26)9-10-19(30)29-13-5-6-16(14-29)22(23,24)25/h11-12,16-17,26H,2-10,13-14H2,1H3,(H,27,28). The second-order valence-corrected chi connectivity index (χ2v) is 8.53. The summed E-state index contributed by atoms with van der Waals surface area (Å²) >= 11 is 0. The van der Waals surface area contributed by atoms with Gasteiger partial charge in [-0.05, 0) is 50.7 Å². The molecule has 1 atom stereocenters. The van der Waals surface area contributed by atoms with Gasteiger partial charge in [-0.15, -0.1) is 0 Å². The van der Waals surface area contributed by atoms with Gasteiger partial charge in [0.05, 0.1) is 5.92 Å². The van der Waals surface area contributed by atoms with E-state index in [1.165, 1.54) is 24.2 Å². The Bertz CT molecular complexity index is 759. The molecule has 0 spiro atoms. The van der Waals surface area contributed by atoms with Crippen molar-refractivity contribution in [1.29, 1.82) is 5.41 Å². The van der Waals surface area contributed by atoms with E-state index in [1.54, 1.807) is 6.20 Å². The van der Waals surface area contributed by atoms with Gasteiger partial charge >= 0.3 is 6.18 Å². The number of anilines is 1. The van der Waals surface area contributed by atoms with Crippen molar-refractivity contribution in [3.8, 4) is 0 Å². The van der Waals surface area contributed by atoms with Crippen molar-refractivity contribution in [3.05, 3.63) is 23.4 Å². The van der Waals surface area contributed by atoms with E-state index in [4.69, 9.17) is 5.41 Å². The Balaban J connectivity index is 1.61. The molecule has 30 heavy (non-hydrogen) atoms. The topological polar surface area (TPSA) is 69.1 Å². The first-order chi connectivity index (χ1) is 14.3. The van der Waals surface area contributed by atoms with Gasteiger partial charge in [-0.2, -0.15) is 13.2 Å². The maximum Gasteiger partial charge on any atom is 0.393 e. The molecule has 0 bridgehead atoms. The predicted octanol–water partition coefficient (Wildman–Crippen LogP) is 5.08. The number of hydrogen-bond donors (Lipinski definition) is 2. The first kappa shape index (κ1) is 22.6. The molecular formula is C22H31F3N4O. The number of carbonyl (C=O) groups excluding carboxylic acids is 1. The molecule has 5 nitrogen and oxygen atoms in total. The van der Waals surface area contributed by atoms with Crippen LogP contribution in [0.25, 0.3) is 0 Å². The Labute approximate surface area is 175 Å². The molecule has 0 aromatic carbocycles. The van der Waals surface area contributed by atoms with Crippen molar-refractivity contribution >= 4 is 17.4 Å². The number of nitrogens with zero attached hydrogens (tertiary/aromatic N) is 2. The number of amides is 1. The number of nitrogens with one attached hydrogen (secondary N) is 2. The van der Waals surface area contributed by atoms with Crippen LogP contribution in [0.1, 0.15) is 68.9 Å². The monoisotopic (exact) mass is 424 g/mol. The molecule has 3 rings (SSSR count). The Hall–Kier alpha value is -2.12. The second kappa shape index (κ2) is 9.79. The lowest BCUT2D eigenvalue weighted by atomic mass is 9.94. The van der Waals surface area contributed by atoms with Crippen LogP contribution in [0.3, 0.4) is 0 Å². The first-order valence-corrected chi connectivity index (χ1v) is 10.9. The molecule has 1 unspecified atom stereocenters. The zero-order valence-electron chi connectivity index (χ0n) is 17.5. The van der Waals surface area contributed by atoms with Crippen molar-refractivity contribution in [2.75, 3.05) is 18.4 Å². The van der Waals surface area contributed by atoms with Crippen LogP contribution in [0.4, 0.5) is 19.0 Å². The quantitative estimate of drug-likeness (QED) is 0.626. The fourth-order valence-corrected chi connectivity index (χ4v) is 4.47. The van der Waals surface area contributed by atoms with E-state index in [0.717, 1.165) is 18.4 Å². The fourth-order valence-electron chi connectivity index (χ4n) is 4.47. The average molecular weight is 425 g/mol. The summed E-state index contributed by atoms with van der Waals surface area (Å²) < 4.78 is 39.0. The minimum Gasteiger partial charge on any atom is -0.367 e. The fraction of sp³-hybridized carbons (Fsp3) is 0.682. The van der Waals surface area contributed by atoms with E-state index in [2.05, 4.69) is 10.3 Å². The molecule has 2 aliphatic rings. The zero-order chi connectivity index (χ0) is 21.7. The summed E-state index contributed by atoms with van der Waals surface area (Å²) in [5.74, 6) is -1.08. The number of alkyl halides is 3. The zero-order valence-corrected chi connectivity index (χ0v) is 17.5. The lowest BCUT2D eigenvalue weighted by Crippen LogP contribution is -2.44. The Morgan fingerprint density at radius 3 is 2.63 bits per heavy atom.